The lowest BCUT2D eigenvalue weighted by molar-refractivity contribution is 0.0387. The van der Waals surface area contributed by atoms with Gasteiger partial charge in [0.25, 0.3) is 0 Å². The van der Waals surface area contributed by atoms with Crippen molar-refractivity contribution in [1.29, 1.82) is 0 Å². The molecule has 25 heavy (non-hydrogen) atoms. The van der Waals surface area contributed by atoms with Crippen LogP contribution < -0.4 is 9.47 Å². The Kier molecular flexibility index (Phi) is 6.98. The summed E-state index contributed by atoms with van der Waals surface area (Å²) in [4.78, 5) is 24.1. The van der Waals surface area contributed by atoms with Crippen molar-refractivity contribution in [3.63, 3.8) is 0 Å². The smallest absolute Gasteiger partial charge is 0.343 e. The van der Waals surface area contributed by atoms with Crippen LogP contribution in [0.4, 0.5) is 0 Å². The van der Waals surface area contributed by atoms with E-state index in [9.17, 15) is 9.59 Å². The van der Waals surface area contributed by atoms with Gasteiger partial charge in [-0.25, -0.2) is 9.59 Å². The van der Waals surface area contributed by atoms with Gasteiger partial charge in [0.2, 0.25) is 0 Å². The molecule has 0 radical (unpaired) electrons. The van der Waals surface area contributed by atoms with Crippen molar-refractivity contribution in [3.8, 4) is 11.5 Å². The lowest BCUT2D eigenvalue weighted by Crippen LogP contribution is -2.11. The largest absolute Gasteiger partial charge is 0.494 e. The predicted molar refractivity (Wildman–Crippen MR) is 91.2 cm³/mol. The highest BCUT2D eigenvalue weighted by molar-refractivity contribution is 5.92. The first-order chi connectivity index (χ1) is 12.1. The van der Waals surface area contributed by atoms with Crippen LogP contribution in [0.5, 0.6) is 11.5 Å². The van der Waals surface area contributed by atoms with Crippen LogP contribution in [-0.4, -0.2) is 38.9 Å². The number of rotatable bonds is 8. The quantitative estimate of drug-likeness (QED) is 0.416. The van der Waals surface area contributed by atoms with Gasteiger partial charge in [0.15, 0.2) is 0 Å². The maximum absolute atomic E-state index is 12.2. The molecule has 0 atom stereocenters. The van der Waals surface area contributed by atoms with Gasteiger partial charge in [-0.2, -0.15) is 0 Å². The van der Waals surface area contributed by atoms with Gasteiger partial charge >= 0.3 is 11.9 Å². The third kappa shape index (κ3) is 5.61. The Labute approximate surface area is 146 Å². The summed E-state index contributed by atoms with van der Waals surface area (Å²) in [5.74, 6) is -0.0797. The summed E-state index contributed by atoms with van der Waals surface area (Å²) in [5, 5.41) is 0. The van der Waals surface area contributed by atoms with Gasteiger partial charge in [-0.05, 0) is 49.4 Å². The van der Waals surface area contributed by atoms with Crippen LogP contribution in [0.3, 0.4) is 0 Å². The summed E-state index contributed by atoms with van der Waals surface area (Å²) in [6.07, 6.45) is 0. The van der Waals surface area contributed by atoms with Crippen molar-refractivity contribution in [2.24, 2.45) is 0 Å². The van der Waals surface area contributed by atoms with Crippen molar-refractivity contribution < 1.29 is 28.5 Å². The lowest BCUT2D eigenvalue weighted by atomic mass is 10.2. The molecule has 0 saturated heterocycles. The lowest BCUT2D eigenvalue weighted by Gasteiger charge is -2.08. The van der Waals surface area contributed by atoms with Crippen molar-refractivity contribution >= 4 is 11.9 Å². The first-order valence-corrected chi connectivity index (χ1v) is 7.85. The summed E-state index contributed by atoms with van der Waals surface area (Å²) < 4.78 is 20.5. The average Bonchev–Trinajstić information content (AvgIpc) is 2.63. The van der Waals surface area contributed by atoms with Gasteiger partial charge in [0.05, 0.1) is 24.3 Å². The average molecular weight is 344 g/mol. The Morgan fingerprint density at radius 3 is 2.32 bits per heavy atom. The Hall–Kier alpha value is -2.86. The van der Waals surface area contributed by atoms with Gasteiger partial charge in [-0.3, -0.25) is 0 Å². The number of ether oxygens (including phenoxy) is 4. The molecule has 0 aliphatic heterocycles. The molecule has 0 saturated carbocycles. The van der Waals surface area contributed by atoms with Crippen LogP contribution in [0.25, 0.3) is 0 Å². The molecule has 0 aliphatic carbocycles. The second kappa shape index (κ2) is 9.44. The molecule has 0 spiro atoms. The Balaban J connectivity index is 2.00. The van der Waals surface area contributed by atoms with Crippen LogP contribution >= 0.6 is 0 Å². The zero-order chi connectivity index (χ0) is 18.1. The second-order valence-corrected chi connectivity index (χ2v) is 5.00. The number of hydrogen-bond donors (Lipinski definition) is 0. The Morgan fingerprint density at radius 1 is 0.880 bits per heavy atom. The van der Waals surface area contributed by atoms with Gasteiger partial charge in [-0.1, -0.05) is 6.07 Å². The zero-order valence-corrected chi connectivity index (χ0v) is 14.2. The van der Waals surface area contributed by atoms with Crippen LogP contribution in [-0.2, 0) is 9.47 Å². The molecule has 0 amide bonds. The van der Waals surface area contributed by atoms with Crippen LogP contribution in [0.1, 0.15) is 27.6 Å². The minimum atomic E-state index is -0.520. The normalized spacial score (nSPS) is 10.2. The van der Waals surface area contributed by atoms with E-state index in [-0.39, 0.29) is 12.4 Å². The van der Waals surface area contributed by atoms with Crippen LogP contribution in [0.15, 0.2) is 48.5 Å². The molecule has 132 valence electrons. The molecule has 2 rings (SSSR count). The molecular weight excluding hydrogens is 324 g/mol. The number of carbonyl (C=O) groups excluding carboxylic acids is 2. The number of esters is 2. The molecule has 0 fully saturated rings. The van der Waals surface area contributed by atoms with E-state index < -0.39 is 11.9 Å². The molecule has 2 aromatic rings. The summed E-state index contributed by atoms with van der Waals surface area (Å²) in [5.41, 5.74) is 0.685. The molecule has 0 N–H and O–H groups in total. The molecule has 2 aromatic carbocycles. The van der Waals surface area contributed by atoms with E-state index in [2.05, 4.69) is 0 Å². The third-order valence-corrected chi connectivity index (χ3v) is 3.20. The monoisotopic (exact) mass is 344 g/mol. The summed E-state index contributed by atoms with van der Waals surface area (Å²) in [6, 6.07) is 12.9. The molecule has 0 bridgehead atoms. The maximum atomic E-state index is 12.2. The molecule has 0 unspecified atom stereocenters. The van der Waals surface area contributed by atoms with E-state index >= 15 is 0 Å². The highest BCUT2D eigenvalue weighted by Crippen LogP contribution is 2.18. The van der Waals surface area contributed by atoms with Crippen molar-refractivity contribution in [3.05, 3.63) is 59.7 Å². The fourth-order valence-corrected chi connectivity index (χ4v) is 2.01. The number of hydrogen-bond acceptors (Lipinski definition) is 6. The van der Waals surface area contributed by atoms with Gasteiger partial charge in [0, 0.05) is 7.11 Å². The van der Waals surface area contributed by atoms with Crippen LogP contribution in [0.2, 0.25) is 0 Å². The van der Waals surface area contributed by atoms with Crippen molar-refractivity contribution in [2.75, 3.05) is 26.9 Å². The fourth-order valence-electron chi connectivity index (χ4n) is 2.01. The highest BCUT2D eigenvalue weighted by Gasteiger charge is 2.12. The first kappa shape index (κ1) is 18.5. The highest BCUT2D eigenvalue weighted by atomic mass is 16.6. The zero-order valence-electron chi connectivity index (χ0n) is 14.2. The van der Waals surface area contributed by atoms with E-state index in [0.717, 1.165) is 0 Å². The first-order valence-electron chi connectivity index (χ1n) is 7.85. The van der Waals surface area contributed by atoms with Gasteiger partial charge in [-0.15, -0.1) is 0 Å². The third-order valence-electron chi connectivity index (χ3n) is 3.20. The topological polar surface area (TPSA) is 71.1 Å². The SMILES string of the molecule is CCOc1ccc(C(=O)Oc2cccc(C(=O)OCCOC)c2)cc1. The summed E-state index contributed by atoms with van der Waals surface area (Å²) in [7, 11) is 1.52. The number of benzene rings is 2. The summed E-state index contributed by atoms with van der Waals surface area (Å²) in [6.45, 7) is 2.91. The van der Waals surface area contributed by atoms with Gasteiger partial charge in [0.1, 0.15) is 18.1 Å². The van der Waals surface area contributed by atoms with Crippen molar-refractivity contribution in [2.45, 2.75) is 6.92 Å². The Bertz CT molecular complexity index is 708. The minimum Gasteiger partial charge on any atom is -0.494 e. The number of carbonyl (C=O) groups is 2. The van der Waals surface area contributed by atoms with E-state index in [1.165, 1.54) is 13.2 Å². The molecule has 6 heteroatoms. The van der Waals surface area contributed by atoms with Crippen LogP contribution in [0, 0.1) is 0 Å². The predicted octanol–water partition coefficient (Wildman–Crippen LogP) is 3.11. The van der Waals surface area contributed by atoms with E-state index in [1.54, 1.807) is 42.5 Å². The van der Waals surface area contributed by atoms with E-state index in [1.807, 2.05) is 6.92 Å². The number of methoxy groups -OCH3 is 1. The molecule has 6 nitrogen and oxygen atoms in total. The summed E-state index contributed by atoms with van der Waals surface area (Å²) >= 11 is 0. The van der Waals surface area contributed by atoms with E-state index in [0.29, 0.717) is 30.1 Å². The van der Waals surface area contributed by atoms with Gasteiger partial charge < -0.3 is 18.9 Å². The Morgan fingerprint density at radius 2 is 1.64 bits per heavy atom. The molecule has 0 aromatic heterocycles. The second-order valence-electron chi connectivity index (χ2n) is 5.00. The molecular formula is C19H20O6. The van der Waals surface area contributed by atoms with E-state index in [4.69, 9.17) is 18.9 Å². The molecule has 0 heterocycles. The van der Waals surface area contributed by atoms with Crippen molar-refractivity contribution in [1.82, 2.24) is 0 Å². The molecule has 0 aliphatic rings. The standard InChI is InChI=1S/C19H20O6/c1-3-23-16-9-7-14(8-10-16)19(21)25-17-6-4-5-15(13-17)18(20)24-12-11-22-2/h4-10,13H,3,11-12H2,1-2H3. The minimum absolute atomic E-state index is 0.158. The maximum Gasteiger partial charge on any atom is 0.343 e. The fraction of sp³-hybridized carbons (Fsp3) is 0.263.